The van der Waals surface area contributed by atoms with Gasteiger partial charge in [0.25, 0.3) is 0 Å². The number of hydrogen-bond donors (Lipinski definition) is 11. The van der Waals surface area contributed by atoms with Gasteiger partial charge in [0.2, 0.25) is 0 Å². The Bertz CT molecular complexity index is 1060. The molecule has 0 aromatic carbocycles. The smallest absolute Gasteiger partial charge is 0.335 e. The van der Waals surface area contributed by atoms with Crippen molar-refractivity contribution in [1.82, 2.24) is 0 Å². The quantitative estimate of drug-likeness (QED) is 0.0741. The van der Waals surface area contributed by atoms with Gasteiger partial charge in [-0.05, 0) is 20.8 Å². The van der Waals surface area contributed by atoms with Crippen LogP contribution in [0.15, 0.2) is 0 Å². The summed E-state index contributed by atoms with van der Waals surface area (Å²) >= 11 is -2.57. The molecule has 4 aliphatic heterocycles. The lowest BCUT2D eigenvalue weighted by atomic mass is 9.96. The monoisotopic (exact) mass is 712 g/mol. The van der Waals surface area contributed by atoms with Crippen LogP contribution in [0.2, 0.25) is 0 Å². The summed E-state index contributed by atoms with van der Waals surface area (Å²) in [6.07, 6.45) is -34.4. The van der Waals surface area contributed by atoms with Gasteiger partial charge in [-0.1, -0.05) is 5.04 Å². The van der Waals surface area contributed by atoms with Crippen LogP contribution < -0.4 is 0 Å². The number of carboxylic acid groups (broad SMARTS) is 1. The van der Waals surface area contributed by atoms with E-state index in [4.69, 9.17) is 38.4 Å². The molecular formula is C24H40O22S. The molecule has 274 valence electrons. The maximum Gasteiger partial charge on any atom is 0.335 e. The molecule has 0 aromatic rings. The van der Waals surface area contributed by atoms with Crippen molar-refractivity contribution in [2.45, 2.75) is 143 Å². The average molecular weight is 713 g/mol. The van der Waals surface area contributed by atoms with Gasteiger partial charge in [0.05, 0.1) is 18.3 Å². The predicted octanol–water partition coefficient (Wildman–Crippen LogP) is -6.48. The van der Waals surface area contributed by atoms with Crippen molar-refractivity contribution in [1.29, 1.82) is 0 Å². The minimum Gasteiger partial charge on any atom is -0.479 e. The first-order valence-corrected chi connectivity index (χ1v) is 15.5. The Morgan fingerprint density at radius 1 is 0.574 bits per heavy atom. The molecule has 4 aliphatic rings. The molecule has 10 unspecified atom stereocenters. The van der Waals surface area contributed by atoms with Gasteiger partial charge >= 0.3 is 5.97 Å². The third-order valence-corrected chi connectivity index (χ3v) is 9.64. The fourth-order valence-corrected chi connectivity index (χ4v) is 6.57. The molecule has 4 rings (SSSR count). The normalized spacial score (nSPS) is 51.8. The zero-order valence-electron chi connectivity index (χ0n) is 24.9. The van der Waals surface area contributed by atoms with Crippen LogP contribution in [-0.2, 0) is 58.4 Å². The van der Waals surface area contributed by atoms with Gasteiger partial charge in [-0.2, -0.15) is 0 Å². The van der Waals surface area contributed by atoms with E-state index < -0.39 is 139 Å². The number of carboxylic acids is 1. The molecule has 0 aromatic heterocycles. The average Bonchev–Trinajstić information content (AvgIpc) is 3.00. The molecule has 0 radical (unpaired) electrons. The van der Waals surface area contributed by atoms with Gasteiger partial charge in [-0.3, -0.25) is 0 Å². The lowest BCUT2D eigenvalue weighted by Crippen LogP contribution is -2.68. The van der Waals surface area contributed by atoms with Gasteiger partial charge < -0.3 is 84.2 Å². The molecule has 0 aliphatic carbocycles. The Kier molecular flexibility index (Phi) is 13.0. The van der Waals surface area contributed by atoms with Crippen molar-refractivity contribution in [3.05, 3.63) is 0 Å². The molecule has 47 heavy (non-hydrogen) atoms. The maximum atomic E-state index is 12.2. The number of aliphatic hydroxyl groups is 9. The molecule has 0 amide bonds. The second kappa shape index (κ2) is 15.8. The summed E-state index contributed by atoms with van der Waals surface area (Å²) < 4.78 is 55.3. The number of aliphatic hydroxyl groups excluding tert-OH is 9. The lowest BCUT2D eigenvalue weighted by Gasteiger charge is -2.50. The number of rotatable bonds is 10. The fourth-order valence-electron chi connectivity index (χ4n) is 5.66. The van der Waals surface area contributed by atoms with Gasteiger partial charge in [-0.15, -0.1) is 4.33 Å². The highest BCUT2D eigenvalue weighted by molar-refractivity contribution is 7.80. The summed E-state index contributed by atoms with van der Waals surface area (Å²) in [5.41, 5.74) is 0. The van der Waals surface area contributed by atoms with E-state index >= 15 is 0 Å². The second-order valence-corrected chi connectivity index (χ2v) is 12.7. The van der Waals surface area contributed by atoms with E-state index in [1.807, 2.05) is 0 Å². The number of ether oxygens (including phenoxy) is 7. The van der Waals surface area contributed by atoms with Crippen LogP contribution >= 0.6 is 0 Å². The summed E-state index contributed by atoms with van der Waals surface area (Å²) in [5.74, 6) is -1.76. The van der Waals surface area contributed by atoms with Crippen LogP contribution in [0.1, 0.15) is 20.8 Å². The molecule has 4 saturated heterocycles. The van der Waals surface area contributed by atoms with Crippen LogP contribution in [0.25, 0.3) is 0 Å². The Balaban J connectivity index is 1.67. The van der Waals surface area contributed by atoms with Crippen LogP contribution in [-0.4, -0.2) is 188 Å². The topological polar surface area (TPSA) is 340 Å². The first kappa shape index (κ1) is 38.7. The van der Waals surface area contributed by atoms with Crippen molar-refractivity contribution in [2.75, 3.05) is 0 Å². The molecule has 22 nitrogen and oxygen atoms in total. The molecule has 0 spiro atoms. The lowest BCUT2D eigenvalue weighted by molar-refractivity contribution is -0.435. The van der Waals surface area contributed by atoms with Crippen LogP contribution in [0.5, 0.6) is 0 Å². The van der Waals surface area contributed by atoms with E-state index in [0.29, 0.717) is 0 Å². The van der Waals surface area contributed by atoms with Crippen LogP contribution in [0, 0.1) is 0 Å². The largest absolute Gasteiger partial charge is 0.479 e. The van der Waals surface area contributed by atoms with E-state index in [1.54, 1.807) is 0 Å². The van der Waals surface area contributed by atoms with E-state index in [1.165, 1.54) is 20.8 Å². The highest BCUT2D eigenvalue weighted by Gasteiger charge is 2.56. The molecule has 0 saturated carbocycles. The Labute approximate surface area is 267 Å². The predicted molar refractivity (Wildman–Crippen MR) is 141 cm³/mol. The minimum absolute atomic E-state index is 1.10. The van der Waals surface area contributed by atoms with E-state index in [-0.39, 0.29) is 0 Å². The van der Waals surface area contributed by atoms with Crippen molar-refractivity contribution in [2.24, 2.45) is 0 Å². The summed E-state index contributed by atoms with van der Waals surface area (Å²) in [6, 6.07) is 0. The van der Waals surface area contributed by atoms with Crippen LogP contribution in [0.3, 0.4) is 0 Å². The third-order valence-electron chi connectivity index (χ3n) is 8.34. The molecule has 4 heterocycles. The highest BCUT2D eigenvalue weighted by Crippen LogP contribution is 2.36. The summed E-state index contributed by atoms with van der Waals surface area (Å²) in [5, 5.41) is 115. The Morgan fingerprint density at radius 2 is 1.09 bits per heavy atom. The van der Waals surface area contributed by atoms with Crippen molar-refractivity contribution in [3.63, 3.8) is 0 Å². The summed E-state index contributed by atoms with van der Waals surface area (Å²) in [6.45, 7) is 3.94. The summed E-state index contributed by atoms with van der Waals surface area (Å²) in [4.78, 5) is 11.7. The van der Waals surface area contributed by atoms with E-state index in [0.717, 1.165) is 0 Å². The zero-order chi connectivity index (χ0) is 35.1. The number of carbonyl (C=O) groups is 1. The van der Waals surface area contributed by atoms with Gasteiger partial charge in [0.1, 0.15) is 72.4 Å². The zero-order valence-corrected chi connectivity index (χ0v) is 25.7. The SMILES string of the molecule is CC1OC(O)C(O)[C@@H](O[C@@H]2OC(C)[C@@H](O)[C@H](O[C@@H]3OC(C)[C@@H](S(=O)OOO)[C@H](O)C3O)C2O[C@H]2OC(C(=O)O)[C@@H](O)[C@@H](O)C2O)[C@@H]1O. The highest BCUT2D eigenvalue weighted by atomic mass is 32.2. The first-order valence-electron chi connectivity index (χ1n) is 14.3. The summed E-state index contributed by atoms with van der Waals surface area (Å²) in [7, 11) is 0. The molecular weight excluding hydrogens is 672 g/mol. The van der Waals surface area contributed by atoms with E-state index in [2.05, 4.69) is 9.37 Å². The number of hydrogen-bond acceptors (Lipinski definition) is 21. The third kappa shape index (κ3) is 7.94. The van der Waals surface area contributed by atoms with Crippen molar-refractivity contribution >= 4 is 17.0 Å². The van der Waals surface area contributed by atoms with Crippen LogP contribution in [0.4, 0.5) is 0 Å². The van der Waals surface area contributed by atoms with E-state index in [9.17, 15) is 60.1 Å². The molecule has 0 bridgehead atoms. The molecule has 4 fully saturated rings. The van der Waals surface area contributed by atoms with Crippen molar-refractivity contribution < 1.29 is 108 Å². The second-order valence-electron chi connectivity index (χ2n) is 11.5. The molecule has 23 heteroatoms. The Morgan fingerprint density at radius 3 is 1.70 bits per heavy atom. The van der Waals surface area contributed by atoms with Gasteiger partial charge in [-0.25, -0.2) is 14.3 Å². The minimum atomic E-state index is -2.57. The van der Waals surface area contributed by atoms with Gasteiger partial charge in [0, 0.05) is 0 Å². The molecule has 21 atom stereocenters. The number of aliphatic carboxylic acids is 1. The molecule has 11 N–H and O–H groups in total. The first-order chi connectivity index (χ1) is 22.0. The fraction of sp³-hybridized carbons (Fsp3) is 0.958. The van der Waals surface area contributed by atoms with Gasteiger partial charge in [0.15, 0.2) is 42.3 Å². The van der Waals surface area contributed by atoms with Crippen molar-refractivity contribution in [3.8, 4) is 0 Å². The maximum absolute atomic E-state index is 12.2. The Hall–Kier alpha value is -1.14. The standard InChI is InChI=1S/C24H40O22S/c1-4-7(25)15(14(32)21(35)38-4)41-24-18(44-23-12(30)9(27)10(28)17(43-23)20(33)34)16(8(26)5(2)39-24)42-22-13(31)11(29)19(6(3)40-22)47(37)46-45-36/h4-19,21-32,35-36H,1-3H3,(H,33,34)/t4?,5?,6?,7-,8-,9-,10+,11-,12?,13?,14?,15+,16+,17?,18?,19-,21?,22+,23-,24+,47?/m1/s1.